The molecule has 0 aliphatic rings. The number of hydrogen-bond acceptors (Lipinski definition) is 2. The zero-order valence-corrected chi connectivity index (χ0v) is 8.02. The van der Waals surface area contributed by atoms with Crippen LogP contribution in [0, 0.1) is 0 Å². The molecule has 0 rings (SSSR count). The van der Waals surface area contributed by atoms with Crippen LogP contribution < -0.4 is 5.32 Å². The number of rotatable bonds is 7. The van der Waals surface area contributed by atoms with Crippen LogP contribution in [0.25, 0.3) is 0 Å². The van der Waals surface area contributed by atoms with Crippen LogP contribution in [0.3, 0.4) is 0 Å². The average molecular weight is 159 g/mol. The molecular weight excluding hydrogens is 138 g/mol. The zero-order valence-electron chi connectivity index (χ0n) is 8.02. The first-order chi connectivity index (χ1) is 5.35. The summed E-state index contributed by atoms with van der Waals surface area (Å²) in [6.45, 7) is 5.31. The van der Waals surface area contributed by atoms with Crippen molar-refractivity contribution in [2.75, 3.05) is 13.7 Å². The molecule has 1 atom stereocenters. The Labute approximate surface area is 70.3 Å². The van der Waals surface area contributed by atoms with Gasteiger partial charge in [-0.25, -0.2) is 0 Å². The van der Waals surface area contributed by atoms with Gasteiger partial charge in [-0.1, -0.05) is 26.7 Å². The van der Waals surface area contributed by atoms with Gasteiger partial charge in [0.1, 0.15) is 6.23 Å². The molecule has 0 amide bonds. The zero-order chi connectivity index (χ0) is 8.53. The van der Waals surface area contributed by atoms with Crippen LogP contribution in [0.1, 0.15) is 39.5 Å². The van der Waals surface area contributed by atoms with Crippen LogP contribution >= 0.6 is 0 Å². The predicted molar refractivity (Wildman–Crippen MR) is 48.6 cm³/mol. The Morgan fingerprint density at radius 1 is 1.27 bits per heavy atom. The van der Waals surface area contributed by atoms with E-state index in [2.05, 4.69) is 19.2 Å². The van der Waals surface area contributed by atoms with Gasteiger partial charge >= 0.3 is 0 Å². The number of nitrogens with one attached hydrogen (secondary N) is 1. The van der Waals surface area contributed by atoms with Crippen LogP contribution in [0.5, 0.6) is 0 Å². The summed E-state index contributed by atoms with van der Waals surface area (Å²) in [5, 5.41) is 3.27. The van der Waals surface area contributed by atoms with Crippen molar-refractivity contribution in [3.05, 3.63) is 0 Å². The Balaban J connectivity index is 3.20. The summed E-state index contributed by atoms with van der Waals surface area (Å²) < 4.78 is 5.23. The lowest BCUT2D eigenvalue weighted by Crippen LogP contribution is -2.30. The number of unbranched alkanes of at least 4 members (excludes halogenated alkanes) is 2. The van der Waals surface area contributed by atoms with E-state index < -0.39 is 0 Å². The highest BCUT2D eigenvalue weighted by molar-refractivity contribution is 4.53. The third kappa shape index (κ3) is 6.32. The maximum absolute atomic E-state index is 5.23. The molecule has 1 unspecified atom stereocenters. The number of hydrogen-bond donors (Lipinski definition) is 1. The second-order valence-corrected chi connectivity index (χ2v) is 2.78. The molecule has 0 aromatic rings. The summed E-state index contributed by atoms with van der Waals surface area (Å²) in [6, 6.07) is 0. The van der Waals surface area contributed by atoms with E-state index in [1.165, 1.54) is 19.3 Å². The van der Waals surface area contributed by atoms with E-state index in [0.717, 1.165) is 13.0 Å². The SMILES string of the molecule is CCCCCC(NCC)OC. The monoisotopic (exact) mass is 159 g/mol. The van der Waals surface area contributed by atoms with E-state index in [9.17, 15) is 0 Å². The van der Waals surface area contributed by atoms with E-state index in [0.29, 0.717) is 0 Å². The molecule has 0 aromatic carbocycles. The molecule has 11 heavy (non-hydrogen) atoms. The number of ether oxygens (including phenoxy) is 1. The molecule has 68 valence electrons. The van der Waals surface area contributed by atoms with Gasteiger partial charge in [-0.15, -0.1) is 0 Å². The molecule has 0 heterocycles. The Morgan fingerprint density at radius 3 is 2.45 bits per heavy atom. The summed E-state index contributed by atoms with van der Waals surface area (Å²) in [7, 11) is 1.76. The highest BCUT2D eigenvalue weighted by atomic mass is 16.5. The van der Waals surface area contributed by atoms with E-state index >= 15 is 0 Å². The lowest BCUT2D eigenvalue weighted by molar-refractivity contribution is 0.0664. The topological polar surface area (TPSA) is 21.3 Å². The normalized spacial score (nSPS) is 13.4. The van der Waals surface area contributed by atoms with Gasteiger partial charge < -0.3 is 4.74 Å². The lowest BCUT2D eigenvalue weighted by atomic mass is 10.2. The van der Waals surface area contributed by atoms with Crippen LogP contribution in [-0.2, 0) is 4.74 Å². The molecule has 0 aromatic heterocycles. The van der Waals surface area contributed by atoms with E-state index in [1.807, 2.05) is 0 Å². The first kappa shape index (κ1) is 10.9. The van der Waals surface area contributed by atoms with Crippen LogP contribution in [0.4, 0.5) is 0 Å². The highest BCUT2D eigenvalue weighted by Crippen LogP contribution is 2.03. The summed E-state index contributed by atoms with van der Waals surface area (Å²) >= 11 is 0. The third-order valence-corrected chi connectivity index (χ3v) is 1.79. The molecule has 0 fully saturated rings. The van der Waals surface area contributed by atoms with Gasteiger partial charge in [-0.05, 0) is 19.4 Å². The second kappa shape index (κ2) is 8.02. The van der Waals surface area contributed by atoms with E-state index in [1.54, 1.807) is 7.11 Å². The van der Waals surface area contributed by atoms with Crippen LogP contribution in [0.15, 0.2) is 0 Å². The molecule has 2 heteroatoms. The van der Waals surface area contributed by atoms with Crippen molar-refractivity contribution in [3.8, 4) is 0 Å². The van der Waals surface area contributed by atoms with Crippen molar-refractivity contribution in [1.82, 2.24) is 5.32 Å². The van der Waals surface area contributed by atoms with Crippen molar-refractivity contribution in [1.29, 1.82) is 0 Å². The van der Waals surface area contributed by atoms with Crippen molar-refractivity contribution < 1.29 is 4.74 Å². The Hall–Kier alpha value is -0.0800. The van der Waals surface area contributed by atoms with Gasteiger partial charge in [0, 0.05) is 7.11 Å². The quantitative estimate of drug-likeness (QED) is 0.454. The second-order valence-electron chi connectivity index (χ2n) is 2.78. The number of methoxy groups -OCH3 is 1. The minimum Gasteiger partial charge on any atom is -0.367 e. The maximum Gasteiger partial charge on any atom is 0.107 e. The van der Waals surface area contributed by atoms with E-state index in [-0.39, 0.29) is 6.23 Å². The van der Waals surface area contributed by atoms with Crippen molar-refractivity contribution in [3.63, 3.8) is 0 Å². The van der Waals surface area contributed by atoms with Gasteiger partial charge in [0.05, 0.1) is 0 Å². The minimum absolute atomic E-state index is 0.270. The van der Waals surface area contributed by atoms with E-state index in [4.69, 9.17) is 4.74 Å². The standard InChI is InChI=1S/C9H21NO/c1-4-6-7-8-9(11-3)10-5-2/h9-10H,4-8H2,1-3H3. The molecule has 0 saturated heterocycles. The summed E-state index contributed by atoms with van der Waals surface area (Å²) in [4.78, 5) is 0. The molecule has 0 aliphatic heterocycles. The fraction of sp³-hybridized carbons (Fsp3) is 1.00. The average Bonchev–Trinajstić information content (AvgIpc) is 2.03. The molecule has 2 nitrogen and oxygen atoms in total. The van der Waals surface area contributed by atoms with Gasteiger partial charge in [-0.3, -0.25) is 5.32 Å². The Bertz CT molecular complexity index is 76.0. The predicted octanol–water partition coefficient (Wildman–Crippen LogP) is 2.15. The summed E-state index contributed by atoms with van der Waals surface area (Å²) in [6.07, 6.45) is 5.26. The minimum atomic E-state index is 0.270. The molecule has 0 bridgehead atoms. The van der Waals surface area contributed by atoms with Crippen molar-refractivity contribution >= 4 is 0 Å². The molecular formula is C9H21NO. The summed E-state index contributed by atoms with van der Waals surface area (Å²) in [5.74, 6) is 0. The van der Waals surface area contributed by atoms with Crippen molar-refractivity contribution in [2.24, 2.45) is 0 Å². The molecule has 1 N–H and O–H groups in total. The molecule has 0 saturated carbocycles. The smallest absolute Gasteiger partial charge is 0.107 e. The fourth-order valence-corrected chi connectivity index (χ4v) is 1.11. The van der Waals surface area contributed by atoms with Gasteiger partial charge in [0.25, 0.3) is 0 Å². The molecule has 0 aliphatic carbocycles. The fourth-order valence-electron chi connectivity index (χ4n) is 1.11. The van der Waals surface area contributed by atoms with Gasteiger partial charge in [0.2, 0.25) is 0 Å². The first-order valence-electron chi connectivity index (χ1n) is 4.61. The Kier molecular flexibility index (Phi) is 7.96. The van der Waals surface area contributed by atoms with Crippen molar-refractivity contribution in [2.45, 2.75) is 45.8 Å². The molecule has 0 radical (unpaired) electrons. The lowest BCUT2D eigenvalue weighted by Gasteiger charge is -2.15. The largest absolute Gasteiger partial charge is 0.367 e. The van der Waals surface area contributed by atoms with Gasteiger partial charge in [0.15, 0.2) is 0 Å². The first-order valence-corrected chi connectivity index (χ1v) is 4.61. The maximum atomic E-state index is 5.23. The van der Waals surface area contributed by atoms with Gasteiger partial charge in [-0.2, -0.15) is 0 Å². The van der Waals surface area contributed by atoms with Crippen LogP contribution in [0.2, 0.25) is 0 Å². The Morgan fingerprint density at radius 2 is 2.00 bits per heavy atom. The summed E-state index contributed by atoms with van der Waals surface area (Å²) in [5.41, 5.74) is 0. The molecule has 0 spiro atoms. The van der Waals surface area contributed by atoms with Crippen LogP contribution in [-0.4, -0.2) is 19.9 Å². The highest BCUT2D eigenvalue weighted by Gasteiger charge is 2.02. The third-order valence-electron chi connectivity index (χ3n) is 1.79.